The summed E-state index contributed by atoms with van der Waals surface area (Å²) in [6, 6.07) is 17.1. The van der Waals surface area contributed by atoms with E-state index in [1.54, 1.807) is 6.92 Å². The van der Waals surface area contributed by atoms with Crippen molar-refractivity contribution in [2.75, 3.05) is 0 Å². The fourth-order valence-electron chi connectivity index (χ4n) is 7.82. The van der Waals surface area contributed by atoms with Crippen LogP contribution in [0.1, 0.15) is 88.3 Å². The summed E-state index contributed by atoms with van der Waals surface area (Å²) >= 11 is 0. The van der Waals surface area contributed by atoms with Crippen LogP contribution in [-0.4, -0.2) is 11.6 Å². The lowest BCUT2D eigenvalue weighted by molar-refractivity contribution is -0.132. The van der Waals surface area contributed by atoms with Gasteiger partial charge in [-0.1, -0.05) is 63.1 Å². The van der Waals surface area contributed by atoms with Gasteiger partial charge in [0.2, 0.25) is 0 Å². The summed E-state index contributed by atoms with van der Waals surface area (Å²) in [7, 11) is 0. The number of hydrogen-bond donors (Lipinski definition) is 0. The minimum absolute atomic E-state index is 0.0742. The average molecular weight is 473 g/mol. The van der Waals surface area contributed by atoms with Gasteiger partial charge in [-0.05, 0) is 91.5 Å². The third kappa shape index (κ3) is 4.59. The first-order valence-corrected chi connectivity index (χ1v) is 13.7. The molecule has 0 saturated heterocycles. The molecule has 2 aromatic carbocycles. The van der Waals surface area contributed by atoms with Gasteiger partial charge in [0.1, 0.15) is 23.9 Å². The molecule has 6 atom stereocenters. The van der Waals surface area contributed by atoms with Crippen LogP contribution in [0, 0.1) is 29.1 Å². The number of carbonyl (C=O) groups excluding carboxylic acids is 2. The second-order valence-corrected chi connectivity index (χ2v) is 11.7. The van der Waals surface area contributed by atoms with E-state index in [9.17, 15) is 9.59 Å². The van der Waals surface area contributed by atoms with Gasteiger partial charge in [0, 0.05) is 17.8 Å². The molecule has 0 N–H and O–H groups in total. The maximum absolute atomic E-state index is 13.6. The molecule has 0 bridgehead atoms. The zero-order valence-electron chi connectivity index (χ0n) is 21.6. The van der Waals surface area contributed by atoms with Crippen molar-refractivity contribution in [1.82, 2.24) is 0 Å². The van der Waals surface area contributed by atoms with Gasteiger partial charge in [0.25, 0.3) is 0 Å². The minimum atomic E-state index is -0.204. The molecule has 3 nitrogen and oxygen atoms in total. The molecule has 3 aliphatic carbocycles. The van der Waals surface area contributed by atoms with Gasteiger partial charge < -0.3 is 9.53 Å². The first kappa shape index (κ1) is 24.3. The summed E-state index contributed by atoms with van der Waals surface area (Å²) in [5.74, 6) is 3.87. The van der Waals surface area contributed by atoms with Crippen LogP contribution in [0.3, 0.4) is 0 Å². The van der Waals surface area contributed by atoms with Gasteiger partial charge in [0.05, 0.1) is 0 Å². The predicted octanol–water partition coefficient (Wildman–Crippen LogP) is 7.31. The Kier molecular flexibility index (Phi) is 6.88. The molecule has 186 valence electrons. The Hall–Kier alpha value is -2.42. The number of hydrogen-bond acceptors (Lipinski definition) is 3. The molecule has 35 heavy (non-hydrogen) atoms. The highest BCUT2D eigenvalue weighted by Crippen LogP contribution is 2.63. The Morgan fingerprint density at radius 1 is 1.11 bits per heavy atom. The third-order valence-corrected chi connectivity index (χ3v) is 9.49. The summed E-state index contributed by atoms with van der Waals surface area (Å²) in [6.07, 6.45) is 7.84. The summed E-state index contributed by atoms with van der Waals surface area (Å²) in [6.45, 7) is 6.79. The second-order valence-electron chi connectivity index (χ2n) is 11.7. The van der Waals surface area contributed by atoms with E-state index in [1.807, 2.05) is 6.07 Å². The van der Waals surface area contributed by atoms with Crippen LogP contribution in [0.2, 0.25) is 0 Å². The monoisotopic (exact) mass is 472 g/mol. The molecule has 5 rings (SSSR count). The first-order valence-electron chi connectivity index (χ1n) is 13.7. The Labute approximate surface area is 210 Å². The summed E-state index contributed by atoms with van der Waals surface area (Å²) in [5.41, 5.74) is 3.93. The lowest BCUT2D eigenvalue weighted by atomic mass is 9.52. The molecule has 2 saturated carbocycles. The van der Waals surface area contributed by atoms with E-state index < -0.39 is 0 Å². The Morgan fingerprint density at radius 2 is 1.91 bits per heavy atom. The first-order chi connectivity index (χ1) is 16.9. The van der Waals surface area contributed by atoms with Gasteiger partial charge >= 0.3 is 0 Å². The Balaban J connectivity index is 1.40. The SMILES string of the molecule is CCCC1Cc2cc(OCc3ccccc3)ccc2C2CCC3(C)C(=O)C(CCC(C)=O)CC3C12. The topological polar surface area (TPSA) is 43.4 Å². The fraction of sp³-hybridized carbons (Fsp3) is 0.562. The van der Waals surface area contributed by atoms with Crippen molar-refractivity contribution in [2.45, 2.75) is 84.7 Å². The number of Topliss-reactive ketones (excluding diaryl/α,β-unsaturated/α-hetero) is 2. The van der Waals surface area contributed by atoms with Gasteiger partial charge in [0.15, 0.2) is 0 Å². The molecule has 2 aromatic rings. The molecule has 2 fully saturated rings. The van der Waals surface area contributed by atoms with Crippen LogP contribution in [0.15, 0.2) is 48.5 Å². The van der Waals surface area contributed by atoms with Crippen LogP contribution in [0.4, 0.5) is 0 Å². The van der Waals surface area contributed by atoms with E-state index in [-0.39, 0.29) is 17.1 Å². The lowest BCUT2D eigenvalue weighted by Crippen LogP contribution is -2.46. The van der Waals surface area contributed by atoms with E-state index in [2.05, 4.69) is 56.3 Å². The maximum Gasteiger partial charge on any atom is 0.142 e. The molecule has 0 aromatic heterocycles. The van der Waals surface area contributed by atoms with E-state index in [1.165, 1.54) is 29.5 Å². The highest BCUT2D eigenvalue weighted by molar-refractivity contribution is 5.90. The number of benzene rings is 2. The van der Waals surface area contributed by atoms with E-state index in [0.29, 0.717) is 42.5 Å². The molecule has 0 amide bonds. The molecular weight excluding hydrogens is 432 g/mol. The van der Waals surface area contributed by atoms with Gasteiger partial charge in [-0.3, -0.25) is 4.79 Å². The standard InChI is InChI=1S/C32H40O3/c1-4-8-23-17-25-18-26(35-20-22-9-6-5-7-10-22)13-14-27(25)28-15-16-32(3)29(30(23)28)19-24(31(32)34)12-11-21(2)33/h5-7,9-10,13-14,18,23-24,28-30H,4,8,11-12,15-17,19-20H2,1-3H3. The molecule has 6 unspecified atom stereocenters. The number of carbonyl (C=O) groups is 2. The lowest BCUT2D eigenvalue weighted by Gasteiger charge is -2.51. The average Bonchev–Trinajstić information content (AvgIpc) is 3.12. The summed E-state index contributed by atoms with van der Waals surface area (Å²) < 4.78 is 6.18. The Morgan fingerprint density at radius 3 is 2.66 bits per heavy atom. The second kappa shape index (κ2) is 9.91. The number of rotatable bonds is 8. The molecule has 0 radical (unpaired) electrons. The highest BCUT2D eigenvalue weighted by Gasteiger charge is 2.59. The normalized spacial score (nSPS) is 31.4. The quantitative estimate of drug-likeness (QED) is 0.404. The molecular formula is C32H40O3. The van der Waals surface area contributed by atoms with E-state index >= 15 is 0 Å². The summed E-state index contributed by atoms with van der Waals surface area (Å²) in [4.78, 5) is 25.2. The third-order valence-electron chi connectivity index (χ3n) is 9.49. The van der Waals surface area contributed by atoms with Gasteiger partial charge in [-0.15, -0.1) is 0 Å². The molecule has 0 aliphatic heterocycles. The minimum Gasteiger partial charge on any atom is -0.489 e. The van der Waals surface area contributed by atoms with Crippen LogP contribution in [0.5, 0.6) is 5.75 Å². The van der Waals surface area contributed by atoms with Crippen LogP contribution in [0.25, 0.3) is 0 Å². The maximum atomic E-state index is 13.6. The van der Waals surface area contributed by atoms with Crippen molar-refractivity contribution in [3.8, 4) is 5.75 Å². The molecule has 0 heterocycles. The van der Waals surface area contributed by atoms with Crippen molar-refractivity contribution in [3.05, 3.63) is 65.2 Å². The van der Waals surface area contributed by atoms with Crippen molar-refractivity contribution in [2.24, 2.45) is 29.1 Å². The Bertz CT molecular complexity index is 1070. The van der Waals surface area contributed by atoms with Crippen LogP contribution >= 0.6 is 0 Å². The predicted molar refractivity (Wildman–Crippen MR) is 139 cm³/mol. The summed E-state index contributed by atoms with van der Waals surface area (Å²) in [5, 5.41) is 0. The largest absolute Gasteiger partial charge is 0.489 e. The van der Waals surface area contributed by atoms with Crippen molar-refractivity contribution in [1.29, 1.82) is 0 Å². The van der Waals surface area contributed by atoms with Crippen molar-refractivity contribution < 1.29 is 14.3 Å². The zero-order valence-corrected chi connectivity index (χ0v) is 21.6. The highest BCUT2D eigenvalue weighted by atomic mass is 16.5. The van der Waals surface area contributed by atoms with Gasteiger partial charge in [-0.2, -0.15) is 0 Å². The van der Waals surface area contributed by atoms with Gasteiger partial charge in [-0.25, -0.2) is 0 Å². The smallest absolute Gasteiger partial charge is 0.142 e. The number of ketones is 2. The zero-order chi connectivity index (χ0) is 24.6. The number of fused-ring (bicyclic) bond motifs is 5. The number of ether oxygens (including phenoxy) is 1. The molecule has 3 heteroatoms. The van der Waals surface area contributed by atoms with Crippen LogP contribution in [-0.2, 0) is 22.6 Å². The van der Waals surface area contributed by atoms with E-state index in [4.69, 9.17) is 4.74 Å². The van der Waals surface area contributed by atoms with Crippen molar-refractivity contribution >= 4 is 11.6 Å². The van der Waals surface area contributed by atoms with Crippen LogP contribution < -0.4 is 4.74 Å². The molecule has 0 spiro atoms. The van der Waals surface area contributed by atoms with Crippen molar-refractivity contribution in [3.63, 3.8) is 0 Å². The molecule has 3 aliphatic rings. The van der Waals surface area contributed by atoms with E-state index in [0.717, 1.165) is 37.9 Å². The fourth-order valence-corrected chi connectivity index (χ4v) is 7.82.